The summed E-state index contributed by atoms with van der Waals surface area (Å²) < 4.78 is 1.66. The van der Waals surface area contributed by atoms with Crippen molar-refractivity contribution in [3.63, 3.8) is 0 Å². The van der Waals surface area contributed by atoms with Crippen LogP contribution in [-0.2, 0) is 6.54 Å². The lowest BCUT2D eigenvalue weighted by molar-refractivity contribution is 0.919. The first-order valence-electron chi connectivity index (χ1n) is 6.88. The average Bonchev–Trinajstić information content (AvgIpc) is 3.23. The van der Waals surface area contributed by atoms with Gasteiger partial charge in [0.2, 0.25) is 0 Å². The molecule has 0 fully saturated rings. The number of benzene rings is 1. The standard InChI is InChI=1S/C15H11ClN6S/c16-11-3-1-10(2-4-11)14-12(20-9-23-14)7-18-13-5-6-17-15-19-8-21-22(13)15/h1-6,8-9,18H,7H2. The van der Waals surface area contributed by atoms with E-state index < -0.39 is 0 Å². The zero-order valence-electron chi connectivity index (χ0n) is 11.8. The Kier molecular flexibility index (Phi) is 3.64. The third-order valence-corrected chi connectivity index (χ3v) is 4.53. The number of hydrogen-bond acceptors (Lipinski definition) is 6. The summed E-state index contributed by atoms with van der Waals surface area (Å²) in [7, 11) is 0. The molecule has 3 aromatic heterocycles. The van der Waals surface area contributed by atoms with Crippen molar-refractivity contribution in [3.05, 3.63) is 59.1 Å². The molecule has 4 aromatic rings. The molecule has 0 unspecified atom stereocenters. The smallest absolute Gasteiger partial charge is 0.254 e. The minimum Gasteiger partial charge on any atom is -0.364 e. The van der Waals surface area contributed by atoms with Gasteiger partial charge in [-0.15, -0.1) is 11.3 Å². The number of nitrogens with zero attached hydrogens (tertiary/aromatic N) is 5. The summed E-state index contributed by atoms with van der Waals surface area (Å²) in [5.41, 5.74) is 3.93. The van der Waals surface area contributed by atoms with Gasteiger partial charge in [-0.2, -0.15) is 14.6 Å². The highest BCUT2D eigenvalue weighted by atomic mass is 35.5. The average molecular weight is 343 g/mol. The molecule has 0 saturated carbocycles. The summed E-state index contributed by atoms with van der Waals surface area (Å²) in [5, 5.41) is 8.22. The molecular formula is C15H11ClN6S. The van der Waals surface area contributed by atoms with Gasteiger partial charge in [-0.1, -0.05) is 23.7 Å². The van der Waals surface area contributed by atoms with E-state index in [1.54, 1.807) is 22.0 Å². The summed E-state index contributed by atoms with van der Waals surface area (Å²) in [4.78, 5) is 13.8. The Morgan fingerprint density at radius 3 is 2.83 bits per heavy atom. The number of anilines is 1. The highest BCUT2D eigenvalue weighted by Gasteiger charge is 2.10. The summed E-state index contributed by atoms with van der Waals surface area (Å²) in [5.74, 6) is 1.38. The van der Waals surface area contributed by atoms with Crippen molar-refractivity contribution in [1.29, 1.82) is 0 Å². The van der Waals surface area contributed by atoms with Crippen LogP contribution >= 0.6 is 22.9 Å². The first-order chi connectivity index (χ1) is 11.3. The van der Waals surface area contributed by atoms with Gasteiger partial charge in [0.25, 0.3) is 5.78 Å². The van der Waals surface area contributed by atoms with Crippen molar-refractivity contribution in [2.24, 2.45) is 0 Å². The summed E-state index contributed by atoms with van der Waals surface area (Å²) in [6, 6.07) is 9.63. The maximum atomic E-state index is 5.95. The van der Waals surface area contributed by atoms with Crippen molar-refractivity contribution in [2.75, 3.05) is 5.32 Å². The summed E-state index contributed by atoms with van der Waals surface area (Å²) >= 11 is 7.56. The minimum absolute atomic E-state index is 0.561. The summed E-state index contributed by atoms with van der Waals surface area (Å²) in [6.45, 7) is 0.584. The fraction of sp³-hybridized carbons (Fsp3) is 0.0667. The Hall–Kier alpha value is -2.51. The number of fused-ring (bicyclic) bond motifs is 1. The van der Waals surface area contributed by atoms with Crippen molar-refractivity contribution < 1.29 is 0 Å². The van der Waals surface area contributed by atoms with Crippen LogP contribution < -0.4 is 5.32 Å². The van der Waals surface area contributed by atoms with Gasteiger partial charge in [0.05, 0.1) is 22.6 Å². The normalized spacial score (nSPS) is 11.0. The van der Waals surface area contributed by atoms with Crippen LogP contribution in [0.4, 0.5) is 5.82 Å². The topological polar surface area (TPSA) is 68.0 Å². The van der Waals surface area contributed by atoms with E-state index in [2.05, 4.69) is 25.4 Å². The number of rotatable bonds is 4. The van der Waals surface area contributed by atoms with E-state index >= 15 is 0 Å². The van der Waals surface area contributed by atoms with Crippen LogP contribution in [0.3, 0.4) is 0 Å². The lowest BCUT2D eigenvalue weighted by Gasteiger charge is -2.07. The molecule has 0 amide bonds. The molecule has 23 heavy (non-hydrogen) atoms. The molecule has 1 N–H and O–H groups in total. The molecule has 0 aliphatic carbocycles. The molecule has 0 bridgehead atoms. The van der Waals surface area contributed by atoms with E-state index in [1.165, 1.54) is 6.33 Å². The Morgan fingerprint density at radius 2 is 1.96 bits per heavy atom. The number of halogens is 1. The van der Waals surface area contributed by atoms with Gasteiger partial charge < -0.3 is 5.32 Å². The van der Waals surface area contributed by atoms with Crippen LogP contribution in [0.15, 0.2) is 48.4 Å². The molecule has 0 aliphatic rings. The van der Waals surface area contributed by atoms with Gasteiger partial charge in [0.1, 0.15) is 12.1 Å². The molecule has 0 atom stereocenters. The third kappa shape index (κ3) is 2.76. The van der Waals surface area contributed by atoms with Crippen molar-refractivity contribution in [2.45, 2.75) is 6.54 Å². The quantitative estimate of drug-likeness (QED) is 0.614. The third-order valence-electron chi connectivity index (χ3n) is 3.36. The van der Waals surface area contributed by atoms with Gasteiger partial charge in [-0.25, -0.2) is 9.97 Å². The predicted molar refractivity (Wildman–Crippen MR) is 90.7 cm³/mol. The van der Waals surface area contributed by atoms with Crippen LogP contribution in [0, 0.1) is 0 Å². The lowest BCUT2D eigenvalue weighted by atomic mass is 10.1. The molecule has 4 rings (SSSR count). The molecule has 0 aliphatic heterocycles. The zero-order valence-corrected chi connectivity index (χ0v) is 13.4. The Morgan fingerprint density at radius 1 is 1.09 bits per heavy atom. The van der Waals surface area contributed by atoms with Gasteiger partial charge in [0.15, 0.2) is 0 Å². The van der Waals surface area contributed by atoms with E-state index in [9.17, 15) is 0 Å². The molecule has 6 nitrogen and oxygen atoms in total. The maximum absolute atomic E-state index is 5.95. The second-order valence-electron chi connectivity index (χ2n) is 4.79. The largest absolute Gasteiger partial charge is 0.364 e. The number of thiazole rings is 1. The molecule has 114 valence electrons. The first-order valence-corrected chi connectivity index (χ1v) is 8.14. The molecule has 0 saturated heterocycles. The van der Waals surface area contributed by atoms with E-state index in [0.717, 1.165) is 27.0 Å². The zero-order chi connectivity index (χ0) is 15.6. The minimum atomic E-state index is 0.561. The number of aromatic nitrogens is 5. The highest BCUT2D eigenvalue weighted by Crippen LogP contribution is 2.29. The predicted octanol–water partition coefficient (Wildman–Crippen LogP) is 3.51. The lowest BCUT2D eigenvalue weighted by Crippen LogP contribution is -2.06. The molecule has 1 aromatic carbocycles. The highest BCUT2D eigenvalue weighted by molar-refractivity contribution is 7.13. The van der Waals surface area contributed by atoms with E-state index in [0.29, 0.717) is 12.3 Å². The molecule has 0 radical (unpaired) electrons. The van der Waals surface area contributed by atoms with E-state index in [1.807, 2.05) is 35.8 Å². The molecule has 8 heteroatoms. The van der Waals surface area contributed by atoms with Crippen LogP contribution in [-0.4, -0.2) is 24.6 Å². The molecule has 3 heterocycles. The van der Waals surface area contributed by atoms with Crippen molar-refractivity contribution in [1.82, 2.24) is 24.6 Å². The maximum Gasteiger partial charge on any atom is 0.254 e. The first kappa shape index (κ1) is 14.1. The van der Waals surface area contributed by atoms with Crippen molar-refractivity contribution >= 4 is 34.5 Å². The molecular weight excluding hydrogens is 332 g/mol. The van der Waals surface area contributed by atoms with Gasteiger partial charge >= 0.3 is 0 Å². The number of hydrogen-bond donors (Lipinski definition) is 1. The van der Waals surface area contributed by atoms with Gasteiger partial charge in [0, 0.05) is 11.2 Å². The van der Waals surface area contributed by atoms with Crippen LogP contribution in [0.2, 0.25) is 5.02 Å². The summed E-state index contributed by atoms with van der Waals surface area (Å²) in [6.07, 6.45) is 3.18. The Balaban J connectivity index is 1.60. The van der Waals surface area contributed by atoms with E-state index in [-0.39, 0.29) is 0 Å². The van der Waals surface area contributed by atoms with Crippen LogP contribution in [0.25, 0.3) is 16.2 Å². The van der Waals surface area contributed by atoms with Crippen molar-refractivity contribution in [3.8, 4) is 10.4 Å². The van der Waals surface area contributed by atoms with Crippen LogP contribution in [0.5, 0.6) is 0 Å². The van der Waals surface area contributed by atoms with Gasteiger partial charge in [-0.05, 0) is 23.8 Å². The molecule has 0 spiro atoms. The number of nitrogens with one attached hydrogen (secondary N) is 1. The van der Waals surface area contributed by atoms with Gasteiger partial charge in [-0.3, -0.25) is 0 Å². The van der Waals surface area contributed by atoms with Crippen LogP contribution in [0.1, 0.15) is 5.69 Å². The fourth-order valence-electron chi connectivity index (χ4n) is 2.28. The van der Waals surface area contributed by atoms with E-state index in [4.69, 9.17) is 11.6 Å². The second-order valence-corrected chi connectivity index (χ2v) is 6.08. The monoisotopic (exact) mass is 342 g/mol. The Labute approximate surface area is 140 Å². The Bertz CT molecular complexity index is 946. The SMILES string of the molecule is Clc1ccc(-c2scnc2CNc2ccnc3ncnn23)cc1. The second kappa shape index (κ2) is 5.94. The fourth-order valence-corrected chi connectivity index (χ4v) is 3.22.